The molecule has 3 rings (SSSR count). The molecule has 1 atom stereocenters. The van der Waals surface area contributed by atoms with Crippen molar-refractivity contribution in [3.05, 3.63) is 24.2 Å². The van der Waals surface area contributed by atoms with E-state index >= 15 is 0 Å². The summed E-state index contributed by atoms with van der Waals surface area (Å²) in [5, 5.41) is 2.91. The molecule has 2 heterocycles. The van der Waals surface area contributed by atoms with Crippen LogP contribution in [-0.4, -0.2) is 48.6 Å². The summed E-state index contributed by atoms with van der Waals surface area (Å²) < 4.78 is 10.4. The Hall–Kier alpha value is -1.82. The highest BCUT2D eigenvalue weighted by atomic mass is 16.5. The minimum atomic E-state index is -0.563. The van der Waals surface area contributed by atoms with E-state index in [4.69, 9.17) is 9.15 Å². The molecule has 6 nitrogen and oxygen atoms in total. The summed E-state index contributed by atoms with van der Waals surface area (Å²) in [6.07, 6.45) is 3.49. The van der Waals surface area contributed by atoms with Gasteiger partial charge in [0.15, 0.2) is 5.76 Å². The monoisotopic (exact) mass is 264 g/mol. The molecule has 19 heavy (non-hydrogen) atoms. The standard InChI is InChI=1S/C13H16N2O4/c16-12(14-9-3-4-9)10-8-18-7-5-15(10)13(17)11-2-1-6-19-11/h1-2,6,9-10H,3-5,7-8H2,(H,14,16). The number of amides is 2. The van der Waals surface area contributed by atoms with E-state index in [2.05, 4.69) is 5.32 Å². The molecule has 2 amide bonds. The number of rotatable bonds is 3. The van der Waals surface area contributed by atoms with Gasteiger partial charge >= 0.3 is 0 Å². The predicted molar refractivity (Wildman–Crippen MR) is 65.5 cm³/mol. The predicted octanol–water partition coefficient (Wildman–Crippen LogP) is 0.399. The zero-order valence-corrected chi connectivity index (χ0v) is 10.5. The summed E-state index contributed by atoms with van der Waals surface area (Å²) in [6, 6.07) is 2.97. The molecule has 1 saturated carbocycles. The first-order valence-electron chi connectivity index (χ1n) is 6.48. The van der Waals surface area contributed by atoms with Crippen molar-refractivity contribution in [1.29, 1.82) is 0 Å². The van der Waals surface area contributed by atoms with Crippen LogP contribution >= 0.6 is 0 Å². The maximum atomic E-state index is 12.3. The Balaban J connectivity index is 1.72. The summed E-state index contributed by atoms with van der Waals surface area (Å²) >= 11 is 0. The third-order valence-electron chi connectivity index (χ3n) is 3.35. The average Bonchev–Trinajstić information content (AvgIpc) is 3.08. The van der Waals surface area contributed by atoms with Gasteiger partial charge in [-0.1, -0.05) is 0 Å². The van der Waals surface area contributed by atoms with E-state index in [1.54, 1.807) is 12.1 Å². The van der Waals surface area contributed by atoms with Crippen molar-refractivity contribution < 1.29 is 18.7 Å². The fraction of sp³-hybridized carbons (Fsp3) is 0.538. The molecule has 102 valence electrons. The maximum absolute atomic E-state index is 12.3. The maximum Gasteiger partial charge on any atom is 0.290 e. The van der Waals surface area contributed by atoms with Crippen molar-refractivity contribution >= 4 is 11.8 Å². The molecule has 1 saturated heterocycles. The van der Waals surface area contributed by atoms with Gasteiger partial charge in [-0.25, -0.2) is 0 Å². The lowest BCUT2D eigenvalue weighted by Gasteiger charge is -2.34. The van der Waals surface area contributed by atoms with Crippen LogP contribution in [-0.2, 0) is 9.53 Å². The molecule has 1 aliphatic heterocycles. The van der Waals surface area contributed by atoms with Crippen molar-refractivity contribution in [2.75, 3.05) is 19.8 Å². The lowest BCUT2D eigenvalue weighted by atomic mass is 10.2. The first-order valence-corrected chi connectivity index (χ1v) is 6.48. The molecule has 6 heteroatoms. The lowest BCUT2D eigenvalue weighted by Crippen LogP contribution is -2.56. The van der Waals surface area contributed by atoms with Crippen LogP contribution in [0.25, 0.3) is 0 Å². The minimum Gasteiger partial charge on any atom is -0.459 e. The number of hydrogen-bond donors (Lipinski definition) is 1. The van der Waals surface area contributed by atoms with Gasteiger partial charge in [-0.3, -0.25) is 9.59 Å². The summed E-state index contributed by atoms with van der Waals surface area (Å²) in [5.41, 5.74) is 0. The third-order valence-corrected chi connectivity index (χ3v) is 3.35. The number of carbonyl (C=O) groups is 2. The molecule has 2 aliphatic rings. The van der Waals surface area contributed by atoms with Crippen LogP contribution in [0, 0.1) is 0 Å². The van der Waals surface area contributed by atoms with Crippen LogP contribution < -0.4 is 5.32 Å². The number of furan rings is 1. The zero-order valence-electron chi connectivity index (χ0n) is 10.5. The second-order valence-electron chi connectivity index (χ2n) is 4.85. The lowest BCUT2D eigenvalue weighted by molar-refractivity contribution is -0.130. The summed E-state index contributed by atoms with van der Waals surface area (Å²) in [4.78, 5) is 25.9. The second-order valence-corrected chi connectivity index (χ2v) is 4.85. The largest absolute Gasteiger partial charge is 0.459 e. The third kappa shape index (κ3) is 2.63. The van der Waals surface area contributed by atoms with Crippen molar-refractivity contribution in [2.45, 2.75) is 24.9 Å². The van der Waals surface area contributed by atoms with Crippen LogP contribution in [0.5, 0.6) is 0 Å². The van der Waals surface area contributed by atoms with Crippen LogP contribution in [0.15, 0.2) is 22.8 Å². The van der Waals surface area contributed by atoms with Crippen LogP contribution in [0.4, 0.5) is 0 Å². The molecule has 0 aromatic carbocycles. The van der Waals surface area contributed by atoms with Gasteiger partial charge in [0.05, 0.1) is 19.5 Å². The highest BCUT2D eigenvalue weighted by Gasteiger charge is 2.36. The van der Waals surface area contributed by atoms with Gasteiger partial charge in [0.25, 0.3) is 5.91 Å². The van der Waals surface area contributed by atoms with E-state index in [1.807, 2.05) is 0 Å². The quantitative estimate of drug-likeness (QED) is 0.857. The van der Waals surface area contributed by atoms with E-state index in [9.17, 15) is 9.59 Å². The number of morpholine rings is 1. The Kier molecular flexibility index (Phi) is 3.25. The highest BCUT2D eigenvalue weighted by Crippen LogP contribution is 2.20. The fourth-order valence-corrected chi connectivity index (χ4v) is 2.13. The Morgan fingerprint density at radius 3 is 2.89 bits per heavy atom. The molecule has 1 unspecified atom stereocenters. The number of nitrogens with zero attached hydrogens (tertiary/aromatic N) is 1. The molecule has 1 N–H and O–H groups in total. The van der Waals surface area contributed by atoms with E-state index in [-0.39, 0.29) is 30.2 Å². The van der Waals surface area contributed by atoms with Crippen molar-refractivity contribution in [3.8, 4) is 0 Å². The molecule has 2 fully saturated rings. The summed E-state index contributed by atoms with van der Waals surface area (Å²) in [5.74, 6) is -0.141. The van der Waals surface area contributed by atoms with Gasteiger partial charge in [-0.05, 0) is 25.0 Å². The van der Waals surface area contributed by atoms with Gasteiger partial charge in [0, 0.05) is 12.6 Å². The Labute approximate surface area is 110 Å². The molecule has 0 spiro atoms. The molecular weight excluding hydrogens is 248 g/mol. The molecule has 1 aliphatic carbocycles. The van der Waals surface area contributed by atoms with E-state index < -0.39 is 6.04 Å². The minimum absolute atomic E-state index is 0.137. The highest BCUT2D eigenvalue weighted by molar-refractivity contribution is 5.95. The van der Waals surface area contributed by atoms with Gasteiger partial charge in [-0.15, -0.1) is 0 Å². The van der Waals surface area contributed by atoms with E-state index in [0.29, 0.717) is 13.2 Å². The van der Waals surface area contributed by atoms with Crippen molar-refractivity contribution in [2.24, 2.45) is 0 Å². The Morgan fingerprint density at radius 2 is 2.21 bits per heavy atom. The topological polar surface area (TPSA) is 71.8 Å². The summed E-state index contributed by atoms with van der Waals surface area (Å²) in [7, 11) is 0. The molecular formula is C13H16N2O4. The molecule has 1 aromatic heterocycles. The Morgan fingerprint density at radius 1 is 1.37 bits per heavy atom. The van der Waals surface area contributed by atoms with Crippen LogP contribution in [0.2, 0.25) is 0 Å². The molecule has 1 aromatic rings. The second kappa shape index (κ2) is 5.05. The smallest absolute Gasteiger partial charge is 0.290 e. The van der Waals surface area contributed by atoms with Crippen LogP contribution in [0.3, 0.4) is 0 Å². The summed E-state index contributed by atoms with van der Waals surface area (Å²) in [6.45, 7) is 1.09. The average molecular weight is 264 g/mol. The first kappa shape index (κ1) is 12.2. The van der Waals surface area contributed by atoms with E-state index in [1.165, 1.54) is 11.2 Å². The Bertz CT molecular complexity index is 467. The van der Waals surface area contributed by atoms with Crippen molar-refractivity contribution in [3.63, 3.8) is 0 Å². The number of hydrogen-bond acceptors (Lipinski definition) is 4. The SMILES string of the molecule is O=C(NC1CC1)C1COCCN1C(=O)c1ccco1. The number of nitrogens with one attached hydrogen (secondary N) is 1. The molecule has 0 bridgehead atoms. The van der Waals surface area contributed by atoms with Gasteiger partial charge < -0.3 is 19.4 Å². The van der Waals surface area contributed by atoms with Gasteiger partial charge in [-0.2, -0.15) is 0 Å². The number of carbonyl (C=O) groups excluding carboxylic acids is 2. The zero-order chi connectivity index (χ0) is 13.2. The molecule has 0 radical (unpaired) electrons. The fourth-order valence-electron chi connectivity index (χ4n) is 2.13. The van der Waals surface area contributed by atoms with E-state index in [0.717, 1.165) is 12.8 Å². The number of ether oxygens (including phenoxy) is 1. The van der Waals surface area contributed by atoms with Gasteiger partial charge in [0.2, 0.25) is 5.91 Å². The van der Waals surface area contributed by atoms with Gasteiger partial charge in [0.1, 0.15) is 6.04 Å². The normalized spacial score (nSPS) is 23.2. The first-order chi connectivity index (χ1) is 9.25. The van der Waals surface area contributed by atoms with Crippen molar-refractivity contribution in [1.82, 2.24) is 10.2 Å². The van der Waals surface area contributed by atoms with Crippen LogP contribution in [0.1, 0.15) is 23.4 Å².